The summed E-state index contributed by atoms with van der Waals surface area (Å²) in [5.74, 6) is -0.283. The number of nitrogens with one attached hydrogen (secondary N) is 1. The van der Waals surface area contributed by atoms with Crippen LogP contribution in [0.3, 0.4) is 0 Å². The minimum absolute atomic E-state index is 0.0879. The largest absolute Gasteiger partial charge is 0.330 e. The van der Waals surface area contributed by atoms with Crippen molar-refractivity contribution in [1.29, 1.82) is 0 Å². The van der Waals surface area contributed by atoms with E-state index in [0.29, 0.717) is 17.3 Å². The number of hydrogen-bond acceptors (Lipinski definition) is 3. The average molecular weight is 307 g/mol. The number of rotatable bonds is 6. The Bertz CT molecular complexity index is 598. The molecular formula is C15H19ClN4O. The highest BCUT2D eigenvalue weighted by Gasteiger charge is 2.17. The van der Waals surface area contributed by atoms with E-state index in [1.165, 1.54) is 0 Å². The topological polar surface area (TPSA) is 72.9 Å². The molecule has 112 valence electrons. The van der Waals surface area contributed by atoms with Crippen LogP contribution in [0.25, 0.3) is 5.69 Å². The third kappa shape index (κ3) is 3.83. The van der Waals surface area contributed by atoms with E-state index >= 15 is 0 Å². The van der Waals surface area contributed by atoms with E-state index in [0.717, 1.165) is 18.5 Å². The number of amides is 1. The number of carbonyl (C=O) groups excluding carboxylic acids is 1. The van der Waals surface area contributed by atoms with Gasteiger partial charge in [-0.05, 0) is 30.7 Å². The molecule has 0 bridgehead atoms. The Morgan fingerprint density at radius 2 is 2.33 bits per heavy atom. The van der Waals surface area contributed by atoms with Crippen molar-refractivity contribution in [1.82, 2.24) is 9.78 Å². The van der Waals surface area contributed by atoms with E-state index < -0.39 is 0 Å². The number of nitrogens with zero attached hydrogens (tertiary/aromatic N) is 2. The van der Waals surface area contributed by atoms with Crippen molar-refractivity contribution >= 4 is 23.2 Å². The maximum atomic E-state index is 12.3. The summed E-state index contributed by atoms with van der Waals surface area (Å²) in [6.45, 7) is 2.36. The minimum atomic E-state index is -0.195. The Morgan fingerprint density at radius 1 is 1.52 bits per heavy atom. The van der Waals surface area contributed by atoms with Gasteiger partial charge in [0.1, 0.15) is 0 Å². The van der Waals surface area contributed by atoms with Crippen LogP contribution in [0.2, 0.25) is 5.02 Å². The fourth-order valence-corrected chi connectivity index (χ4v) is 2.33. The van der Waals surface area contributed by atoms with Crippen LogP contribution in [0.15, 0.2) is 36.7 Å². The third-order valence-corrected chi connectivity index (χ3v) is 3.50. The first kappa shape index (κ1) is 15.5. The van der Waals surface area contributed by atoms with Gasteiger partial charge in [0.25, 0.3) is 0 Å². The number of halogens is 1. The Morgan fingerprint density at radius 3 is 2.95 bits per heavy atom. The van der Waals surface area contributed by atoms with Gasteiger partial charge in [-0.3, -0.25) is 4.79 Å². The lowest BCUT2D eigenvalue weighted by atomic mass is 10.0. The van der Waals surface area contributed by atoms with Gasteiger partial charge in [0.2, 0.25) is 5.91 Å². The maximum absolute atomic E-state index is 12.3. The average Bonchev–Trinajstić information content (AvgIpc) is 2.98. The van der Waals surface area contributed by atoms with Gasteiger partial charge in [-0.2, -0.15) is 5.10 Å². The first-order chi connectivity index (χ1) is 10.2. The van der Waals surface area contributed by atoms with Crippen LogP contribution in [0.5, 0.6) is 0 Å². The van der Waals surface area contributed by atoms with Gasteiger partial charge in [-0.1, -0.05) is 24.9 Å². The molecule has 2 rings (SSSR count). The lowest BCUT2D eigenvalue weighted by Gasteiger charge is -2.16. The van der Waals surface area contributed by atoms with Crippen LogP contribution in [0.1, 0.15) is 19.8 Å². The molecule has 21 heavy (non-hydrogen) atoms. The summed E-state index contributed by atoms with van der Waals surface area (Å²) in [5, 5.41) is 7.65. The molecule has 0 aliphatic carbocycles. The molecule has 1 aromatic heterocycles. The fourth-order valence-electron chi connectivity index (χ4n) is 2.16. The highest BCUT2D eigenvalue weighted by Crippen LogP contribution is 2.25. The van der Waals surface area contributed by atoms with Crippen molar-refractivity contribution < 1.29 is 4.79 Å². The van der Waals surface area contributed by atoms with E-state index in [-0.39, 0.29) is 11.8 Å². The molecule has 6 heteroatoms. The van der Waals surface area contributed by atoms with Gasteiger partial charge >= 0.3 is 0 Å². The van der Waals surface area contributed by atoms with Crippen molar-refractivity contribution in [3.05, 3.63) is 41.7 Å². The molecular weight excluding hydrogens is 288 g/mol. The summed E-state index contributed by atoms with van der Waals surface area (Å²) in [4.78, 5) is 12.3. The smallest absolute Gasteiger partial charge is 0.228 e. The Labute approximate surface area is 129 Å². The maximum Gasteiger partial charge on any atom is 0.228 e. The number of hydrogen-bond donors (Lipinski definition) is 2. The van der Waals surface area contributed by atoms with Gasteiger partial charge in [0.05, 0.1) is 17.3 Å². The number of nitrogens with two attached hydrogens (primary N) is 1. The van der Waals surface area contributed by atoms with Crippen molar-refractivity contribution in [3.8, 4) is 5.69 Å². The molecule has 0 saturated carbocycles. The summed E-state index contributed by atoms with van der Waals surface area (Å²) in [6.07, 6.45) is 5.17. The molecule has 1 atom stereocenters. The summed E-state index contributed by atoms with van der Waals surface area (Å²) in [7, 11) is 0. The van der Waals surface area contributed by atoms with E-state index in [9.17, 15) is 4.79 Å². The zero-order valence-corrected chi connectivity index (χ0v) is 12.7. The standard InChI is InChI=1S/C15H19ClN4O/c1-2-4-11(10-17)15(21)19-13-9-12(16)5-6-14(13)20-8-3-7-18-20/h3,5-9,11H,2,4,10,17H2,1H3,(H,19,21). The Hall–Kier alpha value is -1.85. The van der Waals surface area contributed by atoms with Crippen molar-refractivity contribution in [2.24, 2.45) is 11.7 Å². The molecule has 1 heterocycles. The van der Waals surface area contributed by atoms with Crippen molar-refractivity contribution in [2.45, 2.75) is 19.8 Å². The number of carbonyl (C=O) groups is 1. The van der Waals surface area contributed by atoms with Crippen molar-refractivity contribution in [3.63, 3.8) is 0 Å². The fraction of sp³-hybridized carbons (Fsp3) is 0.333. The van der Waals surface area contributed by atoms with Crippen LogP contribution in [-0.4, -0.2) is 22.2 Å². The zero-order chi connectivity index (χ0) is 15.2. The second-order valence-electron chi connectivity index (χ2n) is 4.82. The normalized spacial score (nSPS) is 12.1. The number of benzene rings is 1. The lowest BCUT2D eigenvalue weighted by Crippen LogP contribution is -2.29. The molecule has 1 amide bonds. The summed E-state index contributed by atoms with van der Waals surface area (Å²) < 4.78 is 1.68. The number of aromatic nitrogens is 2. The van der Waals surface area contributed by atoms with Crippen LogP contribution in [0, 0.1) is 5.92 Å². The first-order valence-corrected chi connectivity index (χ1v) is 7.34. The highest BCUT2D eigenvalue weighted by molar-refractivity contribution is 6.31. The molecule has 0 radical (unpaired) electrons. The van der Waals surface area contributed by atoms with Gasteiger partial charge in [0, 0.05) is 24.0 Å². The molecule has 0 aliphatic heterocycles. The Balaban J connectivity index is 2.26. The molecule has 0 spiro atoms. The van der Waals surface area contributed by atoms with E-state index in [2.05, 4.69) is 10.4 Å². The first-order valence-electron chi connectivity index (χ1n) is 6.96. The zero-order valence-electron chi connectivity index (χ0n) is 11.9. The molecule has 0 saturated heterocycles. The van der Waals surface area contributed by atoms with Crippen LogP contribution < -0.4 is 11.1 Å². The van der Waals surface area contributed by atoms with Crippen LogP contribution in [-0.2, 0) is 4.79 Å². The summed E-state index contributed by atoms with van der Waals surface area (Å²) >= 11 is 6.03. The van der Waals surface area contributed by atoms with E-state index in [1.807, 2.05) is 25.3 Å². The van der Waals surface area contributed by atoms with E-state index in [1.54, 1.807) is 23.0 Å². The van der Waals surface area contributed by atoms with Crippen LogP contribution >= 0.6 is 11.6 Å². The Kier molecular flexibility index (Phi) is 5.36. The minimum Gasteiger partial charge on any atom is -0.330 e. The predicted molar refractivity (Wildman–Crippen MR) is 84.7 cm³/mol. The van der Waals surface area contributed by atoms with Gasteiger partial charge < -0.3 is 11.1 Å². The summed E-state index contributed by atoms with van der Waals surface area (Å²) in [5.41, 5.74) is 7.07. The van der Waals surface area contributed by atoms with Gasteiger partial charge in [0.15, 0.2) is 0 Å². The molecule has 1 aromatic carbocycles. The molecule has 0 fully saturated rings. The summed E-state index contributed by atoms with van der Waals surface area (Å²) in [6, 6.07) is 7.12. The third-order valence-electron chi connectivity index (χ3n) is 3.26. The quantitative estimate of drug-likeness (QED) is 0.862. The number of anilines is 1. The van der Waals surface area contributed by atoms with Crippen molar-refractivity contribution in [2.75, 3.05) is 11.9 Å². The SMILES string of the molecule is CCCC(CN)C(=O)Nc1cc(Cl)ccc1-n1cccn1. The van der Waals surface area contributed by atoms with Gasteiger partial charge in [-0.15, -0.1) is 0 Å². The highest BCUT2D eigenvalue weighted by atomic mass is 35.5. The second-order valence-corrected chi connectivity index (χ2v) is 5.26. The second kappa shape index (κ2) is 7.24. The molecule has 0 aliphatic rings. The molecule has 3 N–H and O–H groups in total. The van der Waals surface area contributed by atoms with Gasteiger partial charge in [-0.25, -0.2) is 4.68 Å². The molecule has 1 unspecified atom stereocenters. The predicted octanol–water partition coefficient (Wildman–Crippen LogP) is 2.84. The van der Waals surface area contributed by atoms with Crippen LogP contribution in [0.4, 0.5) is 5.69 Å². The van der Waals surface area contributed by atoms with E-state index in [4.69, 9.17) is 17.3 Å². The molecule has 2 aromatic rings. The monoisotopic (exact) mass is 306 g/mol. The molecule has 5 nitrogen and oxygen atoms in total. The lowest BCUT2D eigenvalue weighted by molar-refractivity contribution is -0.119.